The highest BCUT2D eigenvalue weighted by atomic mass is 35.5. The van der Waals surface area contributed by atoms with Gasteiger partial charge in [0, 0.05) is 10.9 Å². The lowest BCUT2D eigenvalue weighted by Crippen LogP contribution is -2.35. The van der Waals surface area contributed by atoms with Gasteiger partial charge >= 0.3 is 0 Å². The maximum atomic E-state index is 9.87. The molecule has 0 bridgehead atoms. The van der Waals surface area contributed by atoms with Crippen molar-refractivity contribution in [1.29, 1.82) is 15.8 Å². The number of hydrogen-bond acceptors (Lipinski definition) is 4. The van der Waals surface area contributed by atoms with E-state index in [-0.39, 0.29) is 11.3 Å². The molecule has 0 saturated heterocycles. The monoisotopic (exact) mass is 370 g/mol. The van der Waals surface area contributed by atoms with Crippen LogP contribution < -0.4 is 5.73 Å². The minimum atomic E-state index is -1.65. The number of allylic oxidation sites excluding steroid dienone is 4. The quantitative estimate of drug-likeness (QED) is 0.835. The lowest BCUT2D eigenvalue weighted by atomic mass is 9.65. The number of nitrogens with zero attached hydrogens (tertiary/aromatic N) is 3. The molecule has 0 aliphatic heterocycles. The molecule has 27 heavy (non-hydrogen) atoms. The normalized spacial score (nSPS) is 18.0. The lowest BCUT2D eigenvalue weighted by Gasteiger charge is -2.33. The molecule has 0 saturated carbocycles. The van der Waals surface area contributed by atoms with E-state index in [0.717, 1.165) is 11.1 Å². The molecule has 2 aromatic carbocycles. The molecule has 2 aromatic rings. The van der Waals surface area contributed by atoms with E-state index in [4.69, 9.17) is 17.3 Å². The van der Waals surface area contributed by atoms with Crippen molar-refractivity contribution in [2.24, 2.45) is 11.1 Å². The van der Waals surface area contributed by atoms with E-state index in [1.54, 1.807) is 24.3 Å². The van der Waals surface area contributed by atoms with Crippen molar-refractivity contribution >= 4 is 17.2 Å². The molecule has 1 aliphatic rings. The van der Waals surface area contributed by atoms with Crippen LogP contribution in [0.15, 0.2) is 65.9 Å². The summed E-state index contributed by atoms with van der Waals surface area (Å²) in [4.78, 5) is 0. The van der Waals surface area contributed by atoms with Gasteiger partial charge in [0.15, 0.2) is 5.41 Å². The van der Waals surface area contributed by atoms with Gasteiger partial charge in [-0.1, -0.05) is 59.6 Å². The molecule has 1 unspecified atom stereocenters. The van der Waals surface area contributed by atoms with Crippen molar-refractivity contribution in [1.82, 2.24) is 0 Å². The second-order valence-electron chi connectivity index (χ2n) is 6.41. The topological polar surface area (TPSA) is 97.4 Å². The first-order valence-electron chi connectivity index (χ1n) is 8.24. The van der Waals surface area contributed by atoms with Gasteiger partial charge in [0.05, 0.1) is 23.4 Å². The number of nitriles is 3. The highest BCUT2D eigenvalue weighted by molar-refractivity contribution is 6.30. The summed E-state index contributed by atoms with van der Waals surface area (Å²) < 4.78 is 0. The van der Waals surface area contributed by atoms with Crippen LogP contribution in [0.2, 0.25) is 5.02 Å². The van der Waals surface area contributed by atoms with Crippen LogP contribution in [-0.2, 0) is 0 Å². The van der Waals surface area contributed by atoms with E-state index in [1.807, 2.05) is 37.3 Å². The van der Waals surface area contributed by atoms with Gasteiger partial charge in [-0.3, -0.25) is 0 Å². The van der Waals surface area contributed by atoms with Gasteiger partial charge < -0.3 is 5.73 Å². The predicted molar refractivity (Wildman–Crippen MR) is 104 cm³/mol. The Morgan fingerprint density at radius 3 is 2.26 bits per heavy atom. The molecule has 1 aliphatic carbocycles. The number of halogens is 1. The summed E-state index contributed by atoms with van der Waals surface area (Å²) in [6.45, 7) is 1.96. The average molecular weight is 371 g/mol. The van der Waals surface area contributed by atoms with Gasteiger partial charge in [0.25, 0.3) is 0 Å². The molecule has 4 nitrogen and oxygen atoms in total. The Balaban J connectivity index is 2.31. The van der Waals surface area contributed by atoms with Gasteiger partial charge in [-0.15, -0.1) is 0 Å². The van der Waals surface area contributed by atoms with E-state index in [2.05, 4.69) is 18.2 Å². The van der Waals surface area contributed by atoms with Gasteiger partial charge in [0.2, 0.25) is 0 Å². The van der Waals surface area contributed by atoms with Crippen molar-refractivity contribution in [2.45, 2.75) is 12.8 Å². The largest absolute Gasteiger partial charge is 0.399 e. The summed E-state index contributed by atoms with van der Waals surface area (Å²) in [6.07, 6.45) is 1.78. The van der Waals surface area contributed by atoms with Crippen LogP contribution in [0.3, 0.4) is 0 Å². The Kier molecular flexibility index (Phi) is 4.74. The van der Waals surface area contributed by atoms with Crippen molar-refractivity contribution < 1.29 is 0 Å². The Morgan fingerprint density at radius 2 is 1.70 bits per heavy atom. The lowest BCUT2D eigenvalue weighted by molar-refractivity contribution is 0.534. The van der Waals surface area contributed by atoms with E-state index >= 15 is 0 Å². The van der Waals surface area contributed by atoms with Crippen LogP contribution in [0.25, 0.3) is 5.57 Å². The van der Waals surface area contributed by atoms with Crippen LogP contribution in [0.5, 0.6) is 0 Å². The van der Waals surface area contributed by atoms with Crippen LogP contribution in [0.4, 0.5) is 0 Å². The summed E-state index contributed by atoms with van der Waals surface area (Å²) >= 11 is 6.11. The van der Waals surface area contributed by atoms with Gasteiger partial charge in [-0.05, 0) is 35.8 Å². The molecular formula is C22H15ClN4. The van der Waals surface area contributed by atoms with Crippen molar-refractivity contribution in [3.05, 3.63) is 87.6 Å². The Labute approximate surface area is 163 Å². The van der Waals surface area contributed by atoms with Gasteiger partial charge in [0.1, 0.15) is 6.07 Å². The van der Waals surface area contributed by atoms with Gasteiger partial charge in [-0.2, -0.15) is 15.8 Å². The third kappa shape index (κ3) is 2.96. The third-order valence-corrected chi connectivity index (χ3v) is 5.04. The average Bonchev–Trinajstić information content (AvgIpc) is 2.68. The molecule has 0 heterocycles. The van der Waals surface area contributed by atoms with Crippen LogP contribution >= 0.6 is 11.6 Å². The number of nitrogens with two attached hydrogens (primary N) is 1. The summed E-state index contributed by atoms with van der Waals surface area (Å²) in [7, 11) is 0. The number of aryl methyl sites for hydroxylation is 1. The molecule has 0 amide bonds. The Bertz CT molecular complexity index is 1070. The molecule has 2 N–H and O–H groups in total. The SMILES string of the molecule is Cc1ccc(C2C=C(c3cccc(Cl)c3)C(C#N)=C(N)C2(C#N)C#N)cc1. The third-order valence-electron chi connectivity index (χ3n) is 4.80. The van der Waals surface area contributed by atoms with Crippen LogP contribution in [0, 0.1) is 46.3 Å². The van der Waals surface area contributed by atoms with Gasteiger partial charge in [-0.25, -0.2) is 0 Å². The smallest absolute Gasteiger partial charge is 0.194 e. The minimum Gasteiger partial charge on any atom is -0.399 e. The zero-order valence-corrected chi connectivity index (χ0v) is 15.3. The maximum Gasteiger partial charge on any atom is 0.194 e. The van der Waals surface area contributed by atoms with E-state index < -0.39 is 11.3 Å². The number of benzene rings is 2. The Hall–Kier alpha value is -3.52. The first-order chi connectivity index (χ1) is 13.0. The highest BCUT2D eigenvalue weighted by Gasteiger charge is 2.47. The Morgan fingerprint density at radius 1 is 1.04 bits per heavy atom. The summed E-state index contributed by atoms with van der Waals surface area (Å²) in [5.41, 5.74) is 7.83. The molecule has 5 heteroatoms. The zero-order valence-electron chi connectivity index (χ0n) is 14.6. The maximum absolute atomic E-state index is 9.87. The fraction of sp³-hybridized carbons (Fsp3) is 0.136. The molecule has 0 fully saturated rings. The fourth-order valence-electron chi connectivity index (χ4n) is 3.31. The molecule has 0 spiro atoms. The fourth-order valence-corrected chi connectivity index (χ4v) is 3.50. The molecule has 3 rings (SSSR count). The summed E-state index contributed by atoms with van der Waals surface area (Å²) in [5.74, 6) is -0.612. The van der Waals surface area contributed by atoms with Crippen LogP contribution in [0.1, 0.15) is 22.6 Å². The second kappa shape index (κ2) is 7.00. The highest BCUT2D eigenvalue weighted by Crippen LogP contribution is 2.48. The molecule has 0 aromatic heterocycles. The first-order valence-corrected chi connectivity index (χ1v) is 8.62. The second-order valence-corrected chi connectivity index (χ2v) is 6.85. The molecule has 0 radical (unpaired) electrons. The number of rotatable bonds is 2. The summed E-state index contributed by atoms with van der Waals surface area (Å²) in [5, 5.41) is 30.0. The minimum absolute atomic E-state index is 0.0296. The number of hydrogen-bond donors (Lipinski definition) is 1. The van der Waals surface area contributed by atoms with Crippen molar-refractivity contribution in [2.75, 3.05) is 0 Å². The molecule has 1 atom stereocenters. The van der Waals surface area contributed by atoms with E-state index in [1.165, 1.54) is 0 Å². The first kappa shape index (κ1) is 18.3. The molecule has 130 valence electrons. The van der Waals surface area contributed by atoms with Crippen molar-refractivity contribution in [3.8, 4) is 18.2 Å². The van der Waals surface area contributed by atoms with E-state index in [0.29, 0.717) is 16.2 Å². The summed E-state index contributed by atoms with van der Waals surface area (Å²) in [6, 6.07) is 20.8. The van der Waals surface area contributed by atoms with Crippen LogP contribution in [-0.4, -0.2) is 0 Å². The molecular weight excluding hydrogens is 356 g/mol. The predicted octanol–water partition coefficient (Wildman–Crippen LogP) is 4.60. The van der Waals surface area contributed by atoms with Crippen molar-refractivity contribution in [3.63, 3.8) is 0 Å². The van der Waals surface area contributed by atoms with E-state index in [9.17, 15) is 15.8 Å². The standard InChI is InChI=1S/C22H15ClN4/c1-14-5-7-15(8-6-14)20-10-18(16-3-2-4-17(23)9-16)19(11-24)21(27)22(20,12-25)13-26/h2-10,20H,27H2,1H3. The zero-order chi connectivity index (χ0) is 19.6.